The van der Waals surface area contributed by atoms with Crippen molar-refractivity contribution >= 4 is 33.8 Å². The lowest BCUT2D eigenvalue weighted by atomic mass is 9.99. The highest BCUT2D eigenvalue weighted by atomic mass is 32.2. The summed E-state index contributed by atoms with van der Waals surface area (Å²) in [5.74, 6) is 0.186. The van der Waals surface area contributed by atoms with Gasteiger partial charge in [-0.3, -0.25) is 4.79 Å². The number of nitrogens with zero attached hydrogens (tertiary/aromatic N) is 2. The SMILES string of the molecule is COc1ccc(NC(=O)[C@H]2CCCN(S(=O)(=O)c3c(C)noc3/C=C/c3ccccc3)C2)cc1. The Morgan fingerprint density at radius 2 is 1.88 bits per heavy atom. The summed E-state index contributed by atoms with van der Waals surface area (Å²) >= 11 is 0. The zero-order valence-electron chi connectivity index (χ0n) is 19.1. The summed E-state index contributed by atoms with van der Waals surface area (Å²) in [5, 5.41) is 6.77. The number of benzene rings is 2. The molecule has 1 aliphatic heterocycles. The third-order valence-electron chi connectivity index (χ3n) is 5.77. The van der Waals surface area contributed by atoms with Crippen LogP contribution >= 0.6 is 0 Å². The number of nitrogens with one attached hydrogen (secondary N) is 1. The maximum Gasteiger partial charge on any atom is 0.248 e. The third kappa shape index (κ3) is 5.21. The zero-order valence-corrected chi connectivity index (χ0v) is 19.9. The second-order valence-corrected chi connectivity index (χ2v) is 10.0. The number of hydrogen-bond donors (Lipinski definition) is 1. The van der Waals surface area contributed by atoms with Crippen LogP contribution in [-0.2, 0) is 14.8 Å². The Kier molecular flexibility index (Phi) is 7.14. The molecule has 0 unspecified atom stereocenters. The number of aryl methyl sites for hydroxylation is 1. The summed E-state index contributed by atoms with van der Waals surface area (Å²) in [4.78, 5) is 12.9. The van der Waals surface area contributed by atoms with Crippen LogP contribution in [-0.4, -0.2) is 44.0 Å². The quantitative estimate of drug-likeness (QED) is 0.543. The molecule has 9 heteroatoms. The number of carbonyl (C=O) groups is 1. The van der Waals surface area contributed by atoms with E-state index in [0.29, 0.717) is 30.8 Å². The van der Waals surface area contributed by atoms with Crippen molar-refractivity contribution in [2.75, 3.05) is 25.5 Å². The first-order valence-electron chi connectivity index (χ1n) is 11.0. The van der Waals surface area contributed by atoms with Crippen LogP contribution < -0.4 is 10.1 Å². The molecule has 0 spiro atoms. The molecule has 1 aromatic heterocycles. The van der Waals surface area contributed by atoms with E-state index in [0.717, 1.165) is 5.56 Å². The lowest BCUT2D eigenvalue weighted by Crippen LogP contribution is -2.43. The molecule has 4 rings (SSSR count). The molecule has 2 heterocycles. The molecule has 0 saturated carbocycles. The van der Waals surface area contributed by atoms with E-state index < -0.39 is 15.9 Å². The molecule has 178 valence electrons. The van der Waals surface area contributed by atoms with Gasteiger partial charge in [-0.25, -0.2) is 8.42 Å². The first-order valence-corrected chi connectivity index (χ1v) is 12.5. The average molecular weight is 482 g/mol. The van der Waals surface area contributed by atoms with Crippen LogP contribution in [0.15, 0.2) is 64.0 Å². The van der Waals surface area contributed by atoms with Crippen molar-refractivity contribution in [2.24, 2.45) is 5.92 Å². The van der Waals surface area contributed by atoms with Gasteiger partial charge in [0.25, 0.3) is 0 Å². The molecule has 1 aliphatic rings. The molecule has 1 amide bonds. The molecule has 1 atom stereocenters. The van der Waals surface area contributed by atoms with E-state index in [1.165, 1.54) is 4.31 Å². The van der Waals surface area contributed by atoms with Gasteiger partial charge in [0.1, 0.15) is 11.4 Å². The minimum absolute atomic E-state index is 0.0379. The molecule has 1 saturated heterocycles. The summed E-state index contributed by atoms with van der Waals surface area (Å²) in [7, 11) is -2.33. The van der Waals surface area contributed by atoms with E-state index in [1.54, 1.807) is 50.5 Å². The van der Waals surface area contributed by atoms with Gasteiger partial charge in [-0.05, 0) is 55.7 Å². The Morgan fingerprint density at radius 3 is 2.59 bits per heavy atom. The first kappa shape index (κ1) is 23.7. The van der Waals surface area contributed by atoms with Gasteiger partial charge in [0.05, 0.1) is 13.0 Å². The van der Waals surface area contributed by atoms with Crippen LogP contribution in [0.5, 0.6) is 5.75 Å². The average Bonchev–Trinajstić information content (AvgIpc) is 3.25. The molecular weight excluding hydrogens is 454 g/mol. The maximum atomic E-state index is 13.5. The van der Waals surface area contributed by atoms with Crippen molar-refractivity contribution in [1.82, 2.24) is 9.46 Å². The molecule has 2 aromatic carbocycles. The smallest absolute Gasteiger partial charge is 0.248 e. The molecule has 0 aliphatic carbocycles. The van der Waals surface area contributed by atoms with Gasteiger partial charge in [0.15, 0.2) is 10.7 Å². The molecule has 1 N–H and O–H groups in total. The van der Waals surface area contributed by atoms with Crippen LogP contribution in [0.25, 0.3) is 12.2 Å². The monoisotopic (exact) mass is 481 g/mol. The van der Waals surface area contributed by atoms with Crippen LogP contribution in [0.1, 0.15) is 29.9 Å². The van der Waals surface area contributed by atoms with E-state index in [4.69, 9.17) is 9.26 Å². The topological polar surface area (TPSA) is 102 Å². The third-order valence-corrected chi connectivity index (χ3v) is 7.79. The first-order chi connectivity index (χ1) is 16.4. The second-order valence-electron chi connectivity index (χ2n) is 8.13. The van der Waals surface area contributed by atoms with Gasteiger partial charge >= 0.3 is 0 Å². The van der Waals surface area contributed by atoms with Gasteiger partial charge in [-0.2, -0.15) is 4.31 Å². The fraction of sp³-hybridized carbons (Fsp3) is 0.280. The fourth-order valence-corrected chi connectivity index (χ4v) is 5.73. The summed E-state index contributed by atoms with van der Waals surface area (Å²) in [5.41, 5.74) is 1.83. The van der Waals surface area contributed by atoms with Gasteiger partial charge in [-0.1, -0.05) is 41.6 Å². The van der Waals surface area contributed by atoms with Gasteiger partial charge < -0.3 is 14.6 Å². The number of sulfonamides is 1. The fourth-order valence-electron chi connectivity index (χ4n) is 3.96. The predicted octanol–water partition coefficient (Wildman–Crippen LogP) is 4.20. The second kappa shape index (κ2) is 10.2. The molecular formula is C25H27N3O5S. The molecule has 34 heavy (non-hydrogen) atoms. The van der Waals surface area contributed by atoms with E-state index >= 15 is 0 Å². The van der Waals surface area contributed by atoms with Crippen molar-refractivity contribution < 1.29 is 22.5 Å². The normalized spacial score (nSPS) is 17.1. The molecule has 0 bridgehead atoms. The van der Waals surface area contributed by atoms with Crippen LogP contribution in [0.2, 0.25) is 0 Å². The number of anilines is 1. The number of amides is 1. The van der Waals surface area contributed by atoms with E-state index in [9.17, 15) is 13.2 Å². The Labute approximate surface area is 199 Å². The van der Waals surface area contributed by atoms with Gasteiger partial charge in [-0.15, -0.1) is 0 Å². The number of hydrogen-bond acceptors (Lipinski definition) is 6. The highest BCUT2D eigenvalue weighted by Gasteiger charge is 2.36. The van der Waals surface area contributed by atoms with E-state index in [-0.39, 0.29) is 28.8 Å². The van der Waals surface area contributed by atoms with Crippen molar-refractivity contribution in [3.8, 4) is 5.75 Å². The number of ether oxygens (including phenoxy) is 1. The summed E-state index contributed by atoms with van der Waals surface area (Å²) in [6.45, 7) is 2.03. The zero-order chi connectivity index (χ0) is 24.1. The van der Waals surface area contributed by atoms with E-state index in [2.05, 4.69) is 10.5 Å². The van der Waals surface area contributed by atoms with Crippen molar-refractivity contribution in [3.63, 3.8) is 0 Å². The van der Waals surface area contributed by atoms with Crippen molar-refractivity contribution in [3.05, 3.63) is 71.6 Å². The van der Waals surface area contributed by atoms with Crippen LogP contribution in [0, 0.1) is 12.8 Å². The number of rotatable bonds is 7. The van der Waals surface area contributed by atoms with Crippen molar-refractivity contribution in [2.45, 2.75) is 24.7 Å². The lowest BCUT2D eigenvalue weighted by molar-refractivity contribution is -0.120. The minimum atomic E-state index is -3.90. The summed E-state index contributed by atoms with van der Waals surface area (Å²) in [6, 6.07) is 16.5. The molecule has 1 fully saturated rings. The number of aromatic nitrogens is 1. The number of methoxy groups -OCH3 is 1. The number of carbonyl (C=O) groups excluding carboxylic acids is 1. The van der Waals surface area contributed by atoms with Gasteiger partial charge in [0.2, 0.25) is 15.9 Å². The van der Waals surface area contributed by atoms with Crippen molar-refractivity contribution in [1.29, 1.82) is 0 Å². The highest BCUT2D eigenvalue weighted by molar-refractivity contribution is 7.89. The van der Waals surface area contributed by atoms with Crippen LogP contribution in [0.4, 0.5) is 5.69 Å². The van der Waals surface area contributed by atoms with Gasteiger partial charge in [0, 0.05) is 18.8 Å². The summed E-state index contributed by atoms with van der Waals surface area (Å²) in [6.07, 6.45) is 4.58. The standard InChI is InChI=1S/C25H27N3O5S/c1-18-24(23(33-27-18)15-10-19-7-4-3-5-8-19)34(30,31)28-16-6-9-20(17-28)25(29)26-21-11-13-22(32-2)14-12-21/h3-5,7-8,10-15,20H,6,9,16-17H2,1-2H3,(H,26,29)/b15-10+/t20-/m0/s1. The number of piperidine rings is 1. The minimum Gasteiger partial charge on any atom is -0.497 e. The molecule has 0 radical (unpaired) electrons. The Morgan fingerprint density at radius 1 is 1.15 bits per heavy atom. The molecule has 3 aromatic rings. The largest absolute Gasteiger partial charge is 0.497 e. The molecule has 8 nitrogen and oxygen atoms in total. The predicted molar refractivity (Wildman–Crippen MR) is 130 cm³/mol. The Bertz CT molecular complexity index is 1270. The Hall–Kier alpha value is -3.43. The Balaban J connectivity index is 1.51. The highest BCUT2D eigenvalue weighted by Crippen LogP contribution is 2.30. The summed E-state index contributed by atoms with van der Waals surface area (Å²) < 4.78 is 38.9. The lowest BCUT2D eigenvalue weighted by Gasteiger charge is -2.31. The maximum absolute atomic E-state index is 13.5. The van der Waals surface area contributed by atoms with E-state index in [1.807, 2.05) is 30.3 Å². The van der Waals surface area contributed by atoms with Crippen LogP contribution in [0.3, 0.4) is 0 Å².